The molecular weight excluding hydrogens is 625 g/mol. The van der Waals surface area contributed by atoms with E-state index < -0.39 is 58.7 Å². The normalized spacial score (nSPS) is 14.7. The zero-order chi connectivity index (χ0) is 32.2. The molecule has 4 rings (SSSR count). The van der Waals surface area contributed by atoms with E-state index in [1.165, 1.54) is 30.3 Å². The number of carbonyl (C=O) groups is 2. The summed E-state index contributed by atoms with van der Waals surface area (Å²) in [6.07, 6.45) is -5.25. The van der Waals surface area contributed by atoms with Gasteiger partial charge in [-0.15, -0.1) is 0 Å². The van der Waals surface area contributed by atoms with Crippen LogP contribution in [0.2, 0.25) is 5.02 Å². The number of aryl methyl sites for hydroxylation is 1. The van der Waals surface area contributed by atoms with Crippen LogP contribution in [0.4, 0.5) is 18.9 Å². The van der Waals surface area contributed by atoms with Gasteiger partial charge in [-0.2, -0.15) is 13.2 Å². The van der Waals surface area contributed by atoms with E-state index in [0.29, 0.717) is 0 Å². The Morgan fingerprint density at radius 2 is 1.89 bits per heavy atom. The number of hydrogen-bond acceptors (Lipinski definition) is 7. The molecule has 0 saturated carbocycles. The molecule has 236 valence electrons. The molecular formula is C29H30ClF3N4O6S. The Kier molecular flexibility index (Phi) is 10.1. The molecule has 15 heteroatoms. The number of halogens is 4. The number of aliphatic hydroxyl groups excluding tert-OH is 1. The maximum atomic E-state index is 13.5. The lowest BCUT2D eigenvalue weighted by Crippen LogP contribution is -2.41. The molecule has 2 amide bonds. The molecule has 0 aromatic heterocycles. The summed E-state index contributed by atoms with van der Waals surface area (Å²) in [5.74, 6) is -1.28. The number of aliphatic hydroxyl groups is 1. The van der Waals surface area contributed by atoms with Crippen LogP contribution in [-0.4, -0.2) is 57.7 Å². The Morgan fingerprint density at radius 1 is 1.14 bits per heavy atom. The highest BCUT2D eigenvalue weighted by Crippen LogP contribution is 2.37. The van der Waals surface area contributed by atoms with E-state index in [2.05, 4.69) is 10.6 Å². The summed E-state index contributed by atoms with van der Waals surface area (Å²) in [4.78, 5) is 26.3. The molecule has 10 nitrogen and oxygen atoms in total. The predicted octanol–water partition coefficient (Wildman–Crippen LogP) is 3.55. The van der Waals surface area contributed by atoms with Crippen LogP contribution in [0.1, 0.15) is 39.5 Å². The van der Waals surface area contributed by atoms with Crippen molar-refractivity contribution in [3.63, 3.8) is 0 Å². The van der Waals surface area contributed by atoms with Gasteiger partial charge in [-0.05, 0) is 66.6 Å². The van der Waals surface area contributed by atoms with Gasteiger partial charge in [-0.25, -0.2) is 8.42 Å². The van der Waals surface area contributed by atoms with Gasteiger partial charge in [0.2, 0.25) is 5.91 Å². The van der Waals surface area contributed by atoms with E-state index in [1.807, 2.05) is 0 Å². The number of nitrogens with two attached hydrogens (primary N) is 1. The number of sulfonamides is 1. The number of rotatable bonds is 10. The zero-order valence-corrected chi connectivity index (χ0v) is 25.0. The Balaban J connectivity index is 1.67. The first-order chi connectivity index (χ1) is 20.7. The standard InChI is InChI=1S/C29H30ClF3N4O6S/c1-17-3-2-4-21(11-17)44(41,42)37-9-10-43-26-8-5-18(12-25(26)37)28(40)36-24(14-27(39)35-15-20(34)16-38)22-13-19(29(31,32)33)6-7-23(22)30/h2-8,11-13,20,24,38H,9-10,14-16,34H2,1H3,(H,35,39)(H,36,40)/t20-,24-/m0/s1. The fourth-order valence-electron chi connectivity index (χ4n) is 4.52. The first-order valence-electron chi connectivity index (χ1n) is 13.4. The number of nitrogens with zero attached hydrogens (tertiary/aromatic N) is 1. The summed E-state index contributed by atoms with van der Waals surface area (Å²) in [6, 6.07) is 10.8. The number of nitrogens with one attached hydrogen (secondary N) is 2. The lowest BCUT2D eigenvalue weighted by molar-refractivity contribution is -0.137. The highest BCUT2D eigenvalue weighted by Gasteiger charge is 2.34. The lowest BCUT2D eigenvalue weighted by Gasteiger charge is -2.31. The second-order valence-corrected chi connectivity index (χ2v) is 12.4. The van der Waals surface area contributed by atoms with Crippen molar-refractivity contribution >= 4 is 39.1 Å². The van der Waals surface area contributed by atoms with Gasteiger partial charge in [0.05, 0.1) is 41.8 Å². The molecule has 3 aromatic rings. The van der Waals surface area contributed by atoms with E-state index >= 15 is 0 Å². The molecule has 0 aliphatic carbocycles. The maximum absolute atomic E-state index is 13.5. The molecule has 44 heavy (non-hydrogen) atoms. The molecule has 0 radical (unpaired) electrons. The largest absolute Gasteiger partial charge is 0.489 e. The highest BCUT2D eigenvalue weighted by atomic mass is 35.5. The minimum Gasteiger partial charge on any atom is -0.489 e. The van der Waals surface area contributed by atoms with Crippen molar-refractivity contribution in [2.24, 2.45) is 5.73 Å². The Morgan fingerprint density at radius 3 is 2.57 bits per heavy atom. The number of fused-ring (bicyclic) bond motifs is 1. The smallest absolute Gasteiger partial charge is 0.416 e. The van der Waals surface area contributed by atoms with Crippen LogP contribution in [0.15, 0.2) is 65.6 Å². The van der Waals surface area contributed by atoms with E-state index in [9.17, 15) is 31.2 Å². The summed E-state index contributed by atoms with van der Waals surface area (Å²) < 4.78 is 74.4. The van der Waals surface area contributed by atoms with Gasteiger partial charge in [0.15, 0.2) is 0 Å². The van der Waals surface area contributed by atoms with Gasteiger partial charge in [0.25, 0.3) is 15.9 Å². The maximum Gasteiger partial charge on any atom is 0.416 e. The quantitative estimate of drug-likeness (QED) is 0.261. The summed E-state index contributed by atoms with van der Waals surface area (Å²) >= 11 is 6.24. The molecule has 2 atom stereocenters. The molecule has 0 unspecified atom stereocenters. The van der Waals surface area contributed by atoms with E-state index in [-0.39, 0.29) is 52.2 Å². The van der Waals surface area contributed by atoms with Crippen molar-refractivity contribution in [1.82, 2.24) is 10.6 Å². The number of alkyl halides is 3. The van der Waals surface area contributed by atoms with Crippen LogP contribution in [0, 0.1) is 6.92 Å². The summed E-state index contributed by atoms with van der Waals surface area (Å²) in [7, 11) is -4.05. The molecule has 0 spiro atoms. The first-order valence-corrected chi connectivity index (χ1v) is 15.2. The van der Waals surface area contributed by atoms with Crippen LogP contribution in [-0.2, 0) is 21.0 Å². The average molecular weight is 655 g/mol. The number of amides is 2. The van der Waals surface area contributed by atoms with Gasteiger partial charge < -0.3 is 26.2 Å². The number of ether oxygens (including phenoxy) is 1. The lowest BCUT2D eigenvalue weighted by atomic mass is 9.99. The van der Waals surface area contributed by atoms with Crippen LogP contribution < -0.4 is 25.4 Å². The van der Waals surface area contributed by atoms with Crippen LogP contribution in [0.25, 0.3) is 0 Å². The summed E-state index contributed by atoms with van der Waals surface area (Å²) in [5.41, 5.74) is 5.19. The Labute approximate surface area is 257 Å². The van der Waals surface area contributed by atoms with Gasteiger partial charge >= 0.3 is 6.18 Å². The summed E-state index contributed by atoms with van der Waals surface area (Å²) in [6.45, 7) is 1.24. The van der Waals surface area contributed by atoms with Gasteiger partial charge in [-0.3, -0.25) is 13.9 Å². The fourth-order valence-corrected chi connectivity index (χ4v) is 6.33. The first kappa shape index (κ1) is 33.1. The number of hydrogen-bond donors (Lipinski definition) is 4. The average Bonchev–Trinajstić information content (AvgIpc) is 2.98. The Hall–Kier alpha value is -3.85. The van der Waals surface area contributed by atoms with Crippen molar-refractivity contribution in [3.8, 4) is 5.75 Å². The van der Waals surface area contributed by atoms with Crippen LogP contribution in [0.3, 0.4) is 0 Å². The monoisotopic (exact) mass is 654 g/mol. The SMILES string of the molecule is Cc1cccc(S(=O)(=O)N2CCOc3ccc(C(=O)N[C@@H](CC(=O)NC[C@H](N)CO)c4cc(C(F)(F)F)ccc4Cl)cc32)c1. The van der Waals surface area contributed by atoms with Gasteiger partial charge in [0, 0.05) is 23.2 Å². The molecule has 3 aromatic carbocycles. The van der Waals surface area contributed by atoms with Crippen molar-refractivity contribution in [2.45, 2.75) is 36.5 Å². The minimum atomic E-state index is -4.73. The number of anilines is 1. The molecule has 0 saturated heterocycles. The number of benzene rings is 3. The second kappa shape index (κ2) is 13.4. The van der Waals surface area contributed by atoms with E-state index in [1.54, 1.807) is 19.1 Å². The molecule has 1 aliphatic rings. The van der Waals surface area contributed by atoms with Crippen LogP contribution in [0.5, 0.6) is 5.75 Å². The highest BCUT2D eigenvalue weighted by molar-refractivity contribution is 7.92. The topological polar surface area (TPSA) is 151 Å². The number of carbonyl (C=O) groups excluding carboxylic acids is 2. The third-order valence-electron chi connectivity index (χ3n) is 6.81. The van der Waals surface area contributed by atoms with Crippen molar-refractivity contribution < 1.29 is 41.0 Å². The molecule has 1 heterocycles. The van der Waals surface area contributed by atoms with E-state index in [0.717, 1.165) is 28.1 Å². The van der Waals surface area contributed by atoms with Crippen molar-refractivity contribution in [1.29, 1.82) is 0 Å². The van der Waals surface area contributed by atoms with E-state index in [4.69, 9.17) is 27.2 Å². The minimum absolute atomic E-state index is 0.0348. The zero-order valence-electron chi connectivity index (χ0n) is 23.4. The molecule has 0 bridgehead atoms. The second-order valence-electron chi connectivity index (χ2n) is 10.1. The molecule has 1 aliphatic heterocycles. The summed E-state index contributed by atoms with van der Waals surface area (Å²) in [5, 5.41) is 14.0. The fraction of sp³-hybridized carbons (Fsp3) is 0.310. The molecule has 0 fully saturated rings. The van der Waals surface area contributed by atoms with Gasteiger partial charge in [-0.1, -0.05) is 23.7 Å². The van der Waals surface area contributed by atoms with Crippen LogP contribution >= 0.6 is 11.6 Å². The predicted molar refractivity (Wildman–Crippen MR) is 157 cm³/mol. The van der Waals surface area contributed by atoms with Crippen molar-refractivity contribution in [3.05, 3.63) is 87.9 Å². The van der Waals surface area contributed by atoms with Gasteiger partial charge in [0.1, 0.15) is 12.4 Å². The Bertz CT molecular complexity index is 1650. The third kappa shape index (κ3) is 7.62. The molecule has 5 N–H and O–H groups in total. The van der Waals surface area contributed by atoms with Crippen molar-refractivity contribution in [2.75, 3.05) is 30.6 Å². The third-order valence-corrected chi connectivity index (χ3v) is 8.96.